The maximum Gasteiger partial charge on any atom is 0.434 e. The number of piperidine rings is 1. The average molecular weight is 353 g/mol. The molecule has 0 aromatic carbocycles. The zero-order valence-electron chi connectivity index (χ0n) is 15.0. The lowest BCUT2D eigenvalue weighted by Gasteiger charge is -2.31. The van der Waals surface area contributed by atoms with Crippen LogP contribution in [-0.4, -0.2) is 53.4 Å². The van der Waals surface area contributed by atoms with E-state index in [2.05, 4.69) is 19.2 Å². The number of carbonyl (C=O) groups excluding carboxylic acids is 4. The molecule has 2 saturated heterocycles. The molecule has 140 valence electrons. The largest absolute Gasteiger partial charge is 0.434 e. The Labute approximate surface area is 147 Å². The van der Waals surface area contributed by atoms with Crippen molar-refractivity contribution in [2.45, 2.75) is 52.4 Å². The van der Waals surface area contributed by atoms with Crippen molar-refractivity contribution in [3.05, 3.63) is 0 Å². The Bertz CT molecular complexity index is 510. The van der Waals surface area contributed by atoms with Gasteiger partial charge >= 0.3 is 6.09 Å². The third kappa shape index (κ3) is 5.72. The Kier molecular flexibility index (Phi) is 6.78. The molecule has 0 bridgehead atoms. The lowest BCUT2D eigenvalue weighted by Crippen LogP contribution is -2.44. The molecule has 0 unspecified atom stereocenters. The number of amides is 4. The van der Waals surface area contributed by atoms with Gasteiger partial charge in [-0.15, -0.1) is 5.06 Å². The summed E-state index contributed by atoms with van der Waals surface area (Å²) in [5.41, 5.74) is 0. The monoisotopic (exact) mass is 353 g/mol. The molecule has 2 fully saturated rings. The Morgan fingerprint density at radius 2 is 1.76 bits per heavy atom. The highest BCUT2D eigenvalue weighted by atomic mass is 16.7. The second-order valence-electron chi connectivity index (χ2n) is 7.11. The summed E-state index contributed by atoms with van der Waals surface area (Å²) in [7, 11) is 0. The van der Waals surface area contributed by atoms with Crippen molar-refractivity contribution >= 4 is 23.8 Å². The first-order valence-electron chi connectivity index (χ1n) is 8.96. The topological polar surface area (TPSA) is 96.0 Å². The molecule has 8 nitrogen and oxygen atoms in total. The van der Waals surface area contributed by atoms with Crippen molar-refractivity contribution in [3.8, 4) is 0 Å². The van der Waals surface area contributed by atoms with Crippen LogP contribution in [0.1, 0.15) is 52.4 Å². The van der Waals surface area contributed by atoms with E-state index in [9.17, 15) is 19.2 Å². The molecule has 2 aliphatic heterocycles. The summed E-state index contributed by atoms with van der Waals surface area (Å²) in [5, 5.41) is 3.52. The molecule has 2 aliphatic rings. The molecule has 0 aromatic rings. The average Bonchev–Trinajstić information content (AvgIpc) is 2.90. The summed E-state index contributed by atoms with van der Waals surface area (Å²) in [6.07, 6.45) is 2.44. The number of hydrogen-bond acceptors (Lipinski definition) is 5. The molecule has 25 heavy (non-hydrogen) atoms. The first-order chi connectivity index (χ1) is 11.9. The Balaban J connectivity index is 1.67. The lowest BCUT2D eigenvalue weighted by molar-refractivity contribution is -0.174. The maximum absolute atomic E-state index is 12.1. The maximum atomic E-state index is 12.1. The fraction of sp³-hybridized carbons (Fsp3) is 0.765. The zero-order chi connectivity index (χ0) is 18.4. The minimum atomic E-state index is -0.664. The third-order valence-corrected chi connectivity index (χ3v) is 4.58. The van der Waals surface area contributed by atoms with E-state index in [1.807, 2.05) is 0 Å². The molecule has 2 heterocycles. The van der Waals surface area contributed by atoms with Gasteiger partial charge in [-0.2, -0.15) is 0 Å². The predicted molar refractivity (Wildman–Crippen MR) is 88.9 cm³/mol. The normalized spacial score (nSPS) is 18.8. The summed E-state index contributed by atoms with van der Waals surface area (Å²) in [5.74, 6) is -0.0484. The van der Waals surface area contributed by atoms with Crippen molar-refractivity contribution in [2.24, 2.45) is 11.8 Å². The third-order valence-electron chi connectivity index (χ3n) is 4.58. The summed E-state index contributed by atoms with van der Waals surface area (Å²) in [6.45, 7) is 5.77. The van der Waals surface area contributed by atoms with Crippen LogP contribution in [0.4, 0.5) is 4.79 Å². The number of rotatable bonds is 6. The van der Waals surface area contributed by atoms with Gasteiger partial charge in [0.1, 0.15) is 0 Å². The summed E-state index contributed by atoms with van der Waals surface area (Å²) in [4.78, 5) is 53.2. The van der Waals surface area contributed by atoms with Gasteiger partial charge in [0.25, 0.3) is 11.8 Å². The minimum absolute atomic E-state index is 0.0709. The van der Waals surface area contributed by atoms with Gasteiger partial charge in [0.05, 0.1) is 0 Å². The molecule has 0 aromatic heterocycles. The van der Waals surface area contributed by atoms with Gasteiger partial charge in [-0.25, -0.2) is 4.79 Å². The summed E-state index contributed by atoms with van der Waals surface area (Å²) in [6, 6.07) is 0. The molecule has 0 aliphatic carbocycles. The molecule has 0 spiro atoms. The van der Waals surface area contributed by atoms with E-state index in [-0.39, 0.29) is 18.7 Å². The second kappa shape index (κ2) is 8.82. The van der Waals surface area contributed by atoms with Crippen LogP contribution in [-0.2, 0) is 19.2 Å². The lowest BCUT2D eigenvalue weighted by atomic mass is 9.97. The quantitative estimate of drug-likeness (QED) is 0.729. The van der Waals surface area contributed by atoms with E-state index in [0.29, 0.717) is 43.0 Å². The van der Waals surface area contributed by atoms with Crippen LogP contribution < -0.4 is 5.32 Å². The van der Waals surface area contributed by atoms with Gasteiger partial charge in [0.2, 0.25) is 5.91 Å². The number of imide groups is 1. The fourth-order valence-corrected chi connectivity index (χ4v) is 2.88. The first-order valence-corrected chi connectivity index (χ1v) is 8.96. The van der Waals surface area contributed by atoms with Crippen LogP contribution in [0.3, 0.4) is 0 Å². The van der Waals surface area contributed by atoms with Gasteiger partial charge in [0, 0.05) is 38.9 Å². The Morgan fingerprint density at radius 3 is 2.32 bits per heavy atom. The van der Waals surface area contributed by atoms with Crippen LogP contribution in [0, 0.1) is 11.8 Å². The van der Waals surface area contributed by atoms with Gasteiger partial charge in [0.15, 0.2) is 0 Å². The molecule has 2 rings (SSSR count). The van der Waals surface area contributed by atoms with Gasteiger partial charge in [-0.1, -0.05) is 13.8 Å². The van der Waals surface area contributed by atoms with Gasteiger partial charge in [-0.05, 0) is 31.1 Å². The van der Waals surface area contributed by atoms with Crippen LogP contribution in [0.25, 0.3) is 0 Å². The van der Waals surface area contributed by atoms with Gasteiger partial charge < -0.3 is 15.1 Å². The molecule has 0 radical (unpaired) electrons. The Hall–Kier alpha value is -2.12. The molecule has 8 heteroatoms. The van der Waals surface area contributed by atoms with E-state index in [4.69, 9.17) is 4.84 Å². The molecule has 0 saturated carbocycles. The van der Waals surface area contributed by atoms with E-state index >= 15 is 0 Å². The van der Waals surface area contributed by atoms with Crippen molar-refractivity contribution < 1.29 is 24.0 Å². The van der Waals surface area contributed by atoms with E-state index in [1.54, 1.807) is 0 Å². The van der Waals surface area contributed by atoms with Crippen LogP contribution in [0.5, 0.6) is 0 Å². The molecular formula is C17H27N3O5. The van der Waals surface area contributed by atoms with Crippen molar-refractivity contribution in [3.63, 3.8) is 0 Å². The van der Waals surface area contributed by atoms with Gasteiger partial charge in [-0.3, -0.25) is 14.4 Å². The number of likely N-dealkylation sites (tertiary alicyclic amines) is 1. The Morgan fingerprint density at radius 1 is 1.16 bits per heavy atom. The SMILES string of the molecule is CC(C)CCC(=O)NCC1CCN(C(=O)ON2C(=O)CCC2=O)CC1. The standard InChI is InChI=1S/C17H27N3O5/c1-12(2)3-4-14(21)18-11-13-7-9-19(10-8-13)17(24)25-20-15(22)5-6-16(20)23/h12-13H,3-11H2,1-2H3,(H,18,21). The molecule has 4 amide bonds. The predicted octanol–water partition coefficient (Wildman–Crippen LogP) is 1.45. The van der Waals surface area contributed by atoms with Crippen LogP contribution >= 0.6 is 0 Å². The second-order valence-corrected chi connectivity index (χ2v) is 7.11. The minimum Gasteiger partial charge on any atom is -0.356 e. The smallest absolute Gasteiger partial charge is 0.356 e. The van der Waals surface area contributed by atoms with Crippen LogP contribution in [0.2, 0.25) is 0 Å². The number of carbonyl (C=O) groups is 4. The molecule has 1 N–H and O–H groups in total. The van der Waals surface area contributed by atoms with Crippen molar-refractivity contribution in [1.82, 2.24) is 15.3 Å². The number of hydrogen-bond donors (Lipinski definition) is 1. The summed E-state index contributed by atoms with van der Waals surface area (Å²) < 4.78 is 0. The highest BCUT2D eigenvalue weighted by molar-refractivity contribution is 6.01. The van der Waals surface area contributed by atoms with Crippen molar-refractivity contribution in [1.29, 1.82) is 0 Å². The zero-order valence-corrected chi connectivity index (χ0v) is 15.0. The highest BCUT2D eigenvalue weighted by Gasteiger charge is 2.35. The number of nitrogens with zero attached hydrogens (tertiary/aromatic N) is 2. The van der Waals surface area contributed by atoms with Crippen LogP contribution in [0.15, 0.2) is 0 Å². The molecular weight excluding hydrogens is 326 g/mol. The van der Waals surface area contributed by atoms with E-state index < -0.39 is 17.9 Å². The fourth-order valence-electron chi connectivity index (χ4n) is 2.88. The molecule has 0 atom stereocenters. The summed E-state index contributed by atoms with van der Waals surface area (Å²) >= 11 is 0. The highest BCUT2D eigenvalue weighted by Crippen LogP contribution is 2.19. The first kappa shape index (κ1) is 19.2. The van der Waals surface area contributed by atoms with Crippen molar-refractivity contribution in [2.75, 3.05) is 19.6 Å². The van der Waals surface area contributed by atoms with E-state index in [1.165, 1.54) is 4.90 Å². The van der Waals surface area contributed by atoms with E-state index in [0.717, 1.165) is 19.3 Å². The number of nitrogens with one attached hydrogen (secondary N) is 1. The number of hydroxylamine groups is 2.